The van der Waals surface area contributed by atoms with Crippen LogP contribution < -0.4 is 16.4 Å². The van der Waals surface area contributed by atoms with Crippen LogP contribution in [0.3, 0.4) is 0 Å². The number of aliphatic carboxylic acids is 1. The number of primary amides is 1. The second-order valence-electron chi connectivity index (χ2n) is 4.94. The molecule has 6 N–H and O–H groups in total. The van der Waals surface area contributed by atoms with Crippen LogP contribution in [0.5, 0.6) is 0 Å². The van der Waals surface area contributed by atoms with Crippen molar-refractivity contribution in [2.45, 2.75) is 24.9 Å². The molecule has 9 heteroatoms. The highest BCUT2D eigenvalue weighted by Gasteiger charge is 2.37. The smallest absolute Gasteiger partial charge is 0.405 e. The van der Waals surface area contributed by atoms with Crippen molar-refractivity contribution in [3.8, 4) is 0 Å². The number of carbonyl (C=O) groups excluding carboxylic acids is 2. The Kier molecular flexibility index (Phi) is 5.66. The Morgan fingerprint density at radius 2 is 1.74 bits per heavy atom. The molecule has 1 rings (SSSR count). The van der Waals surface area contributed by atoms with Gasteiger partial charge in [0.1, 0.15) is 11.6 Å². The fraction of sp³-hybridized carbons (Fsp3) is 0.286. The first-order valence-electron chi connectivity index (χ1n) is 6.55. The Bertz CT molecular complexity index is 602. The first-order chi connectivity index (χ1) is 10.7. The van der Waals surface area contributed by atoms with Crippen LogP contribution in [0.4, 0.5) is 4.79 Å². The van der Waals surface area contributed by atoms with E-state index < -0.39 is 41.9 Å². The topological polar surface area (TPSA) is 159 Å². The molecule has 0 aliphatic carbocycles. The second kappa shape index (κ2) is 7.25. The Balaban J connectivity index is 3.06. The minimum atomic E-state index is -1.62. The third-order valence-electron chi connectivity index (χ3n) is 3.21. The standard InChI is InChI=1S/C14H17N3O6/c1-14(12(15)21,8-5-3-2-4-6-8)17-11(20)9(7-10(18)19)16-13(22)23/h2-6,9,16H,7H2,1H3,(H2,15,21)(H,17,20)(H,18,19)(H,22,23). The molecular formula is C14H17N3O6. The number of carbonyl (C=O) groups is 4. The van der Waals surface area contributed by atoms with E-state index in [0.717, 1.165) is 0 Å². The number of carboxylic acid groups (broad SMARTS) is 2. The molecule has 0 spiro atoms. The van der Waals surface area contributed by atoms with Gasteiger partial charge < -0.3 is 26.6 Å². The molecule has 124 valence electrons. The molecule has 1 aromatic carbocycles. The van der Waals surface area contributed by atoms with Crippen LogP contribution in [0.25, 0.3) is 0 Å². The van der Waals surface area contributed by atoms with Crippen LogP contribution in [-0.4, -0.2) is 40.1 Å². The molecule has 0 bridgehead atoms. The average molecular weight is 323 g/mol. The van der Waals surface area contributed by atoms with E-state index in [9.17, 15) is 19.2 Å². The summed E-state index contributed by atoms with van der Waals surface area (Å²) in [6, 6.07) is 6.52. The molecule has 1 aromatic rings. The normalized spacial score (nSPS) is 14.1. The monoisotopic (exact) mass is 323 g/mol. The van der Waals surface area contributed by atoms with Crippen molar-refractivity contribution in [3.63, 3.8) is 0 Å². The van der Waals surface area contributed by atoms with E-state index >= 15 is 0 Å². The number of rotatable bonds is 7. The summed E-state index contributed by atoms with van der Waals surface area (Å²) in [7, 11) is 0. The van der Waals surface area contributed by atoms with Gasteiger partial charge in [0.25, 0.3) is 0 Å². The van der Waals surface area contributed by atoms with Gasteiger partial charge in [-0.1, -0.05) is 30.3 Å². The van der Waals surface area contributed by atoms with Crippen LogP contribution >= 0.6 is 0 Å². The Hall–Kier alpha value is -3.10. The number of benzene rings is 1. The van der Waals surface area contributed by atoms with Gasteiger partial charge in [-0.05, 0) is 12.5 Å². The summed E-state index contributed by atoms with van der Waals surface area (Å²) in [6.45, 7) is 1.35. The number of nitrogens with two attached hydrogens (primary N) is 1. The zero-order chi connectivity index (χ0) is 17.6. The van der Waals surface area contributed by atoms with Crippen molar-refractivity contribution in [1.29, 1.82) is 0 Å². The quantitative estimate of drug-likeness (QED) is 0.459. The maximum absolute atomic E-state index is 12.2. The van der Waals surface area contributed by atoms with E-state index in [4.69, 9.17) is 15.9 Å². The van der Waals surface area contributed by atoms with E-state index in [0.29, 0.717) is 5.56 Å². The predicted octanol–water partition coefficient (Wildman–Crippen LogP) is -0.386. The van der Waals surface area contributed by atoms with Gasteiger partial charge in [-0.15, -0.1) is 0 Å². The lowest BCUT2D eigenvalue weighted by molar-refractivity contribution is -0.140. The Morgan fingerprint density at radius 1 is 1.17 bits per heavy atom. The number of carboxylic acids is 1. The number of hydrogen-bond donors (Lipinski definition) is 5. The lowest BCUT2D eigenvalue weighted by Crippen LogP contribution is -2.58. The van der Waals surface area contributed by atoms with E-state index in [1.807, 2.05) is 0 Å². The summed E-state index contributed by atoms with van der Waals surface area (Å²) in [5.74, 6) is -3.22. The zero-order valence-corrected chi connectivity index (χ0v) is 12.3. The largest absolute Gasteiger partial charge is 0.481 e. The maximum Gasteiger partial charge on any atom is 0.405 e. The van der Waals surface area contributed by atoms with Crippen LogP contribution in [0.1, 0.15) is 18.9 Å². The first-order valence-corrected chi connectivity index (χ1v) is 6.55. The van der Waals surface area contributed by atoms with Crippen molar-refractivity contribution >= 4 is 23.9 Å². The van der Waals surface area contributed by atoms with Gasteiger partial charge in [-0.25, -0.2) is 4.79 Å². The lowest BCUT2D eigenvalue weighted by atomic mass is 9.90. The Morgan fingerprint density at radius 3 is 2.17 bits per heavy atom. The second-order valence-corrected chi connectivity index (χ2v) is 4.94. The third kappa shape index (κ3) is 4.70. The fourth-order valence-corrected chi connectivity index (χ4v) is 1.91. The summed E-state index contributed by atoms with van der Waals surface area (Å²) < 4.78 is 0. The minimum absolute atomic E-state index is 0.380. The van der Waals surface area contributed by atoms with Gasteiger partial charge in [-0.2, -0.15) is 0 Å². The molecular weight excluding hydrogens is 306 g/mol. The highest BCUT2D eigenvalue weighted by atomic mass is 16.4. The highest BCUT2D eigenvalue weighted by Crippen LogP contribution is 2.20. The zero-order valence-electron chi connectivity index (χ0n) is 12.3. The minimum Gasteiger partial charge on any atom is -0.481 e. The molecule has 2 unspecified atom stereocenters. The molecule has 0 saturated carbocycles. The van der Waals surface area contributed by atoms with Gasteiger partial charge in [0.05, 0.1) is 6.42 Å². The van der Waals surface area contributed by atoms with Crippen molar-refractivity contribution in [2.75, 3.05) is 0 Å². The number of hydrogen-bond acceptors (Lipinski definition) is 4. The average Bonchev–Trinajstić information content (AvgIpc) is 2.46. The van der Waals surface area contributed by atoms with Crippen LogP contribution in [0, 0.1) is 0 Å². The summed E-state index contributed by atoms with van der Waals surface area (Å²) in [6.07, 6.45) is -2.34. The highest BCUT2D eigenvalue weighted by molar-refractivity contribution is 5.95. The fourth-order valence-electron chi connectivity index (χ4n) is 1.91. The molecule has 0 aromatic heterocycles. The molecule has 2 atom stereocenters. The summed E-state index contributed by atoms with van der Waals surface area (Å²) in [5, 5.41) is 21.6. The third-order valence-corrected chi connectivity index (χ3v) is 3.21. The SMILES string of the molecule is CC(NC(=O)C(CC(=O)O)NC(=O)O)(C(N)=O)c1ccccc1. The maximum atomic E-state index is 12.2. The van der Waals surface area contributed by atoms with E-state index in [2.05, 4.69) is 5.32 Å². The summed E-state index contributed by atoms with van der Waals surface area (Å²) in [4.78, 5) is 45.4. The van der Waals surface area contributed by atoms with Crippen LogP contribution in [0.2, 0.25) is 0 Å². The molecule has 0 aliphatic rings. The van der Waals surface area contributed by atoms with Gasteiger partial charge in [0, 0.05) is 0 Å². The van der Waals surface area contributed by atoms with E-state index in [1.54, 1.807) is 35.6 Å². The molecule has 3 amide bonds. The predicted molar refractivity (Wildman–Crippen MR) is 78.3 cm³/mol. The van der Waals surface area contributed by atoms with Crippen molar-refractivity contribution in [1.82, 2.24) is 10.6 Å². The van der Waals surface area contributed by atoms with Crippen molar-refractivity contribution < 1.29 is 29.4 Å². The Labute approximate surface area is 131 Å². The van der Waals surface area contributed by atoms with E-state index in [1.165, 1.54) is 6.92 Å². The number of nitrogens with one attached hydrogen (secondary N) is 2. The van der Waals surface area contributed by atoms with Crippen molar-refractivity contribution in [2.24, 2.45) is 5.73 Å². The van der Waals surface area contributed by atoms with Crippen LogP contribution in [-0.2, 0) is 19.9 Å². The lowest BCUT2D eigenvalue weighted by Gasteiger charge is -2.29. The van der Waals surface area contributed by atoms with Crippen LogP contribution in [0.15, 0.2) is 30.3 Å². The molecule has 0 aliphatic heterocycles. The molecule has 9 nitrogen and oxygen atoms in total. The number of amides is 3. The van der Waals surface area contributed by atoms with Crippen molar-refractivity contribution in [3.05, 3.63) is 35.9 Å². The van der Waals surface area contributed by atoms with E-state index in [-0.39, 0.29) is 0 Å². The first kappa shape index (κ1) is 18.0. The van der Waals surface area contributed by atoms with Gasteiger partial charge in [-0.3, -0.25) is 14.4 Å². The van der Waals surface area contributed by atoms with Gasteiger partial charge >= 0.3 is 12.1 Å². The molecule has 0 radical (unpaired) electrons. The molecule has 23 heavy (non-hydrogen) atoms. The van der Waals surface area contributed by atoms with Gasteiger partial charge in [0.15, 0.2) is 0 Å². The molecule has 0 heterocycles. The molecule has 0 fully saturated rings. The van der Waals surface area contributed by atoms with Gasteiger partial charge in [0.2, 0.25) is 11.8 Å². The molecule has 0 saturated heterocycles. The summed E-state index contributed by atoms with van der Waals surface area (Å²) in [5.41, 5.74) is 4.11. The summed E-state index contributed by atoms with van der Waals surface area (Å²) >= 11 is 0.